The molecule has 0 aliphatic heterocycles. The van der Waals surface area contributed by atoms with Gasteiger partial charge in [0, 0.05) is 10.9 Å². The Kier molecular flexibility index (Phi) is 4.20. The van der Waals surface area contributed by atoms with Crippen molar-refractivity contribution in [3.05, 3.63) is 69.2 Å². The molecule has 0 amide bonds. The van der Waals surface area contributed by atoms with Gasteiger partial charge in [0.05, 0.1) is 6.10 Å². The highest BCUT2D eigenvalue weighted by atomic mass is 79.9. The standard InChI is InChI=1S/C16H17BrO/c1-11-3-4-12(2)15(9-11)16(18)10-13-5-7-14(17)8-6-13/h3-9,16,18H,10H2,1-2H3. The summed E-state index contributed by atoms with van der Waals surface area (Å²) in [4.78, 5) is 0. The molecule has 0 aromatic heterocycles. The molecule has 0 spiro atoms. The van der Waals surface area contributed by atoms with Crippen molar-refractivity contribution in [1.82, 2.24) is 0 Å². The molecular formula is C16H17BrO. The van der Waals surface area contributed by atoms with E-state index >= 15 is 0 Å². The van der Waals surface area contributed by atoms with Gasteiger partial charge in [-0.1, -0.05) is 51.8 Å². The predicted octanol–water partition coefficient (Wildman–Crippen LogP) is 4.34. The normalized spacial score (nSPS) is 12.4. The molecule has 0 heterocycles. The molecule has 0 fully saturated rings. The highest BCUT2D eigenvalue weighted by molar-refractivity contribution is 9.10. The van der Waals surface area contributed by atoms with Gasteiger partial charge < -0.3 is 5.11 Å². The number of hydrogen-bond acceptors (Lipinski definition) is 1. The van der Waals surface area contributed by atoms with Gasteiger partial charge in [-0.15, -0.1) is 0 Å². The van der Waals surface area contributed by atoms with E-state index in [-0.39, 0.29) is 0 Å². The van der Waals surface area contributed by atoms with Crippen LogP contribution in [0.15, 0.2) is 46.9 Å². The Morgan fingerprint density at radius 2 is 1.72 bits per heavy atom. The average molecular weight is 305 g/mol. The molecule has 0 aliphatic rings. The first-order valence-corrected chi connectivity index (χ1v) is 6.85. The first kappa shape index (κ1) is 13.3. The van der Waals surface area contributed by atoms with Gasteiger partial charge in [-0.25, -0.2) is 0 Å². The Morgan fingerprint density at radius 3 is 2.39 bits per heavy atom. The lowest BCUT2D eigenvalue weighted by atomic mass is 9.96. The highest BCUT2D eigenvalue weighted by Crippen LogP contribution is 2.23. The van der Waals surface area contributed by atoms with Crippen LogP contribution >= 0.6 is 15.9 Å². The van der Waals surface area contributed by atoms with E-state index in [1.54, 1.807) is 0 Å². The lowest BCUT2D eigenvalue weighted by Crippen LogP contribution is -2.04. The van der Waals surface area contributed by atoms with Crippen molar-refractivity contribution in [2.75, 3.05) is 0 Å². The van der Waals surface area contributed by atoms with Gasteiger partial charge in [0.1, 0.15) is 0 Å². The first-order valence-electron chi connectivity index (χ1n) is 6.06. The SMILES string of the molecule is Cc1ccc(C)c(C(O)Cc2ccc(Br)cc2)c1. The van der Waals surface area contributed by atoms with Crippen LogP contribution in [0, 0.1) is 13.8 Å². The average Bonchev–Trinajstić information content (AvgIpc) is 2.35. The van der Waals surface area contributed by atoms with Crippen molar-refractivity contribution >= 4 is 15.9 Å². The quantitative estimate of drug-likeness (QED) is 0.894. The minimum atomic E-state index is -0.439. The maximum absolute atomic E-state index is 10.3. The van der Waals surface area contributed by atoms with Crippen LogP contribution in [-0.4, -0.2) is 5.11 Å². The third kappa shape index (κ3) is 3.21. The van der Waals surface area contributed by atoms with Gasteiger partial charge in [-0.3, -0.25) is 0 Å². The van der Waals surface area contributed by atoms with E-state index in [1.165, 1.54) is 5.56 Å². The summed E-state index contributed by atoms with van der Waals surface area (Å²) in [5.41, 5.74) is 4.50. The monoisotopic (exact) mass is 304 g/mol. The Hall–Kier alpha value is -1.12. The van der Waals surface area contributed by atoms with E-state index in [1.807, 2.05) is 31.2 Å². The number of hydrogen-bond donors (Lipinski definition) is 1. The highest BCUT2D eigenvalue weighted by Gasteiger charge is 2.11. The van der Waals surface area contributed by atoms with Crippen molar-refractivity contribution < 1.29 is 5.11 Å². The summed E-state index contributed by atoms with van der Waals surface area (Å²) in [5.74, 6) is 0. The van der Waals surface area contributed by atoms with Crippen LogP contribution in [-0.2, 0) is 6.42 Å². The van der Waals surface area contributed by atoms with Crippen molar-refractivity contribution in [2.24, 2.45) is 0 Å². The maximum Gasteiger partial charge on any atom is 0.0833 e. The van der Waals surface area contributed by atoms with Crippen molar-refractivity contribution in [1.29, 1.82) is 0 Å². The van der Waals surface area contributed by atoms with E-state index in [0.29, 0.717) is 6.42 Å². The summed E-state index contributed by atoms with van der Waals surface area (Å²) in [6.45, 7) is 4.09. The Bertz CT molecular complexity index is 531. The Morgan fingerprint density at radius 1 is 1.06 bits per heavy atom. The van der Waals surface area contributed by atoms with Crippen LogP contribution in [0.1, 0.15) is 28.4 Å². The second kappa shape index (κ2) is 5.68. The lowest BCUT2D eigenvalue weighted by Gasteiger charge is -2.14. The van der Waals surface area contributed by atoms with E-state index in [0.717, 1.165) is 21.2 Å². The number of halogens is 1. The number of aryl methyl sites for hydroxylation is 2. The third-order valence-corrected chi connectivity index (χ3v) is 3.66. The van der Waals surface area contributed by atoms with Gasteiger partial charge in [0.2, 0.25) is 0 Å². The van der Waals surface area contributed by atoms with E-state index in [2.05, 4.69) is 41.1 Å². The summed E-state index contributed by atoms with van der Waals surface area (Å²) in [6.07, 6.45) is 0.212. The number of rotatable bonds is 3. The second-order valence-corrected chi connectivity index (χ2v) is 5.62. The molecule has 1 nitrogen and oxygen atoms in total. The molecule has 1 N–H and O–H groups in total. The van der Waals surface area contributed by atoms with Crippen molar-refractivity contribution in [3.8, 4) is 0 Å². The van der Waals surface area contributed by atoms with Gasteiger partial charge >= 0.3 is 0 Å². The molecule has 0 saturated heterocycles. The largest absolute Gasteiger partial charge is 0.388 e. The molecule has 2 aromatic carbocycles. The molecule has 2 heteroatoms. The Labute approximate surface area is 117 Å². The van der Waals surface area contributed by atoms with Crippen LogP contribution in [0.2, 0.25) is 0 Å². The van der Waals surface area contributed by atoms with Gasteiger partial charge in [0.15, 0.2) is 0 Å². The van der Waals surface area contributed by atoms with Crippen LogP contribution in [0.25, 0.3) is 0 Å². The second-order valence-electron chi connectivity index (χ2n) is 4.71. The molecule has 1 unspecified atom stereocenters. The molecule has 94 valence electrons. The van der Waals surface area contributed by atoms with Crippen LogP contribution in [0.3, 0.4) is 0 Å². The van der Waals surface area contributed by atoms with Crippen molar-refractivity contribution in [3.63, 3.8) is 0 Å². The molecule has 1 atom stereocenters. The zero-order valence-corrected chi connectivity index (χ0v) is 12.2. The Balaban J connectivity index is 2.18. The van der Waals surface area contributed by atoms with E-state index in [9.17, 15) is 5.11 Å². The van der Waals surface area contributed by atoms with E-state index in [4.69, 9.17) is 0 Å². The molecule has 0 bridgehead atoms. The van der Waals surface area contributed by atoms with Crippen LogP contribution < -0.4 is 0 Å². The first-order chi connectivity index (χ1) is 8.56. The smallest absolute Gasteiger partial charge is 0.0833 e. The molecule has 0 radical (unpaired) electrons. The molecule has 0 saturated carbocycles. The third-order valence-electron chi connectivity index (χ3n) is 3.14. The summed E-state index contributed by atoms with van der Waals surface area (Å²) < 4.78 is 1.06. The fourth-order valence-corrected chi connectivity index (χ4v) is 2.34. The van der Waals surface area contributed by atoms with Gasteiger partial charge in [-0.05, 0) is 42.7 Å². The number of benzene rings is 2. The fourth-order valence-electron chi connectivity index (χ4n) is 2.07. The molecule has 2 rings (SSSR count). The topological polar surface area (TPSA) is 20.2 Å². The number of aliphatic hydroxyl groups excluding tert-OH is 1. The van der Waals surface area contributed by atoms with Crippen LogP contribution in [0.5, 0.6) is 0 Å². The molecule has 0 aliphatic carbocycles. The van der Waals surface area contributed by atoms with Crippen LogP contribution in [0.4, 0.5) is 0 Å². The lowest BCUT2D eigenvalue weighted by molar-refractivity contribution is 0.177. The fraction of sp³-hybridized carbons (Fsp3) is 0.250. The molecular weight excluding hydrogens is 288 g/mol. The summed E-state index contributed by atoms with van der Waals surface area (Å²) in [5, 5.41) is 10.3. The molecule has 2 aromatic rings. The van der Waals surface area contributed by atoms with E-state index < -0.39 is 6.10 Å². The summed E-state index contributed by atoms with van der Waals surface area (Å²) >= 11 is 3.42. The van der Waals surface area contributed by atoms with Gasteiger partial charge in [0.25, 0.3) is 0 Å². The molecule has 18 heavy (non-hydrogen) atoms. The van der Waals surface area contributed by atoms with Crippen molar-refractivity contribution in [2.45, 2.75) is 26.4 Å². The van der Waals surface area contributed by atoms with Gasteiger partial charge in [-0.2, -0.15) is 0 Å². The minimum Gasteiger partial charge on any atom is -0.388 e. The predicted molar refractivity (Wildman–Crippen MR) is 78.7 cm³/mol. The zero-order valence-electron chi connectivity index (χ0n) is 10.7. The summed E-state index contributed by atoms with van der Waals surface area (Å²) in [7, 11) is 0. The maximum atomic E-state index is 10.3. The summed E-state index contributed by atoms with van der Waals surface area (Å²) in [6, 6.07) is 14.3. The minimum absolute atomic E-state index is 0.439. The zero-order chi connectivity index (χ0) is 13.1. The number of aliphatic hydroxyl groups is 1.